The Labute approximate surface area is 294 Å². The van der Waals surface area contributed by atoms with Crippen LogP contribution >= 0.6 is 56.8 Å². The summed E-state index contributed by atoms with van der Waals surface area (Å²) in [6, 6.07) is 0. The molecule has 0 nitrogen and oxygen atoms in total. The number of hydrogen-bond donors (Lipinski definition) is 0. The van der Waals surface area contributed by atoms with Gasteiger partial charge in [-0.2, -0.15) is 0 Å². The molecule has 0 atom stereocenters. The van der Waals surface area contributed by atoms with Gasteiger partial charge in [-0.25, -0.2) is 0 Å². The molecule has 0 aromatic carbocycles. The monoisotopic (exact) mass is 884 g/mol. The molecule has 0 rings (SSSR count). The van der Waals surface area contributed by atoms with Crippen LogP contribution in [0, 0.1) is 0 Å². The summed E-state index contributed by atoms with van der Waals surface area (Å²) in [6.45, 7) is 13.9. The Hall–Kier alpha value is 2.81. The molecule has 0 saturated heterocycles. The molecule has 0 aromatic heterocycles. The van der Waals surface area contributed by atoms with E-state index in [1.165, 1.54) is 154 Å². The zero-order valence-corrected chi connectivity index (χ0v) is 36.3. The van der Waals surface area contributed by atoms with Crippen LogP contribution in [0.15, 0.2) is 0 Å². The van der Waals surface area contributed by atoms with Crippen molar-refractivity contribution in [2.45, 2.75) is 196 Å². The molecular weight excluding hydrogens is 807 g/mol. The van der Waals surface area contributed by atoms with Crippen molar-refractivity contribution in [1.29, 1.82) is 0 Å². The Bertz CT molecular complexity index is 322. The van der Waals surface area contributed by atoms with E-state index < -0.39 is 0 Å². The molecule has 0 amide bonds. The molecule has 0 heterocycles. The SMILES string of the molecule is CCCCCCP(CCCCCC)CCCCCC.CCCCCCP(CCCCCC)CCCCCC.[I][Ni][I]. The van der Waals surface area contributed by atoms with Crippen molar-refractivity contribution in [3.8, 4) is 0 Å². The second-order valence-corrected chi connectivity index (χ2v) is 25.8. The van der Waals surface area contributed by atoms with Gasteiger partial charge in [-0.05, 0) is 75.5 Å². The van der Waals surface area contributed by atoms with Gasteiger partial charge in [0.25, 0.3) is 0 Å². The van der Waals surface area contributed by atoms with Crippen LogP contribution in [0.2, 0.25) is 0 Å². The van der Waals surface area contributed by atoms with E-state index in [0.717, 1.165) is 0 Å². The van der Waals surface area contributed by atoms with Crippen molar-refractivity contribution in [3.05, 3.63) is 0 Å². The summed E-state index contributed by atoms with van der Waals surface area (Å²) in [4.78, 5) is 0. The summed E-state index contributed by atoms with van der Waals surface area (Å²) in [5.74, 6) is 0. The van der Waals surface area contributed by atoms with Gasteiger partial charge in [0.2, 0.25) is 0 Å². The van der Waals surface area contributed by atoms with Crippen molar-refractivity contribution >= 4 is 56.8 Å². The molecular formula is C36H78I2NiP2. The molecule has 0 aliphatic rings. The summed E-state index contributed by atoms with van der Waals surface area (Å²) in [5.41, 5.74) is 0. The standard InChI is InChI=1S/2C18H39P.2HI.Ni/c2*1-4-7-10-13-16-19(17-14-11-8-5-2)18-15-12-9-6-3;;;/h2*4-18H2,1-3H3;2*1H;/q;;;;+2/p-2. The molecule has 0 saturated carbocycles. The Morgan fingerprint density at radius 2 is 0.439 bits per heavy atom. The molecule has 0 unspecified atom stereocenters. The fourth-order valence-corrected chi connectivity index (χ4v) is 10.6. The van der Waals surface area contributed by atoms with Crippen molar-refractivity contribution < 1.29 is 8.07 Å². The van der Waals surface area contributed by atoms with Gasteiger partial charge >= 0.3 is 49.0 Å². The van der Waals surface area contributed by atoms with Gasteiger partial charge in [0, 0.05) is 0 Å². The van der Waals surface area contributed by atoms with Gasteiger partial charge in [0.05, 0.1) is 0 Å². The molecule has 0 aromatic rings. The number of hydrogen-bond acceptors (Lipinski definition) is 0. The average Bonchev–Trinajstić information content (AvgIpc) is 2.98. The zero-order chi connectivity index (χ0) is 31.1. The van der Waals surface area contributed by atoms with Gasteiger partial charge in [-0.1, -0.05) is 157 Å². The summed E-state index contributed by atoms with van der Waals surface area (Å²) < 4.78 is 0. The third-order valence-electron chi connectivity index (χ3n) is 7.97. The summed E-state index contributed by atoms with van der Waals surface area (Å²) in [5, 5.41) is 0. The molecule has 256 valence electrons. The third-order valence-corrected chi connectivity index (χ3v) is 13.7. The fourth-order valence-electron chi connectivity index (χ4n) is 5.24. The first-order chi connectivity index (χ1) is 20.1. The molecule has 0 aliphatic carbocycles. The van der Waals surface area contributed by atoms with Crippen molar-refractivity contribution in [2.75, 3.05) is 37.0 Å². The molecule has 5 heteroatoms. The second kappa shape index (κ2) is 47.2. The van der Waals surface area contributed by atoms with Crippen LogP contribution in [-0.2, 0) is 8.07 Å². The molecule has 0 spiro atoms. The van der Waals surface area contributed by atoms with E-state index in [1.807, 2.05) is 0 Å². The maximum absolute atomic E-state index is 2.32. The Kier molecular flexibility index (Phi) is 55.5. The second-order valence-electron chi connectivity index (χ2n) is 12.1. The number of rotatable bonds is 30. The summed E-state index contributed by atoms with van der Waals surface area (Å²) in [7, 11) is 2.34. The fraction of sp³-hybridized carbons (Fsp3) is 1.00. The predicted molar refractivity (Wildman–Crippen MR) is 216 cm³/mol. The van der Waals surface area contributed by atoms with Crippen LogP contribution in [-0.4, -0.2) is 37.0 Å². The van der Waals surface area contributed by atoms with E-state index in [9.17, 15) is 0 Å². The first-order valence-electron chi connectivity index (χ1n) is 18.4. The van der Waals surface area contributed by atoms with E-state index in [2.05, 4.69) is 82.5 Å². The summed E-state index contributed by atoms with van der Waals surface area (Å²) >= 11 is 4.43. The Balaban J connectivity index is -0.000000642. The van der Waals surface area contributed by atoms with Crippen LogP contribution in [0.25, 0.3) is 0 Å². The first-order valence-corrected chi connectivity index (χ1v) is 28.5. The molecule has 0 aliphatic heterocycles. The normalized spacial score (nSPS) is 11.1. The van der Waals surface area contributed by atoms with Crippen LogP contribution in [0.4, 0.5) is 0 Å². The zero-order valence-electron chi connectivity index (χ0n) is 29.2. The molecule has 0 bridgehead atoms. The Morgan fingerprint density at radius 1 is 0.293 bits per heavy atom. The van der Waals surface area contributed by atoms with Crippen LogP contribution in [0.5, 0.6) is 0 Å². The van der Waals surface area contributed by atoms with Gasteiger partial charge in [0.1, 0.15) is 0 Å². The van der Waals surface area contributed by atoms with Crippen molar-refractivity contribution in [1.82, 2.24) is 0 Å². The maximum atomic E-state index is 2.32. The van der Waals surface area contributed by atoms with E-state index in [4.69, 9.17) is 0 Å². The van der Waals surface area contributed by atoms with Gasteiger partial charge < -0.3 is 0 Å². The number of halogens is 2. The minimum absolute atomic E-state index is 0.389. The minimum atomic E-state index is 0.389. The molecule has 0 radical (unpaired) electrons. The third kappa shape index (κ3) is 47.3. The molecule has 41 heavy (non-hydrogen) atoms. The van der Waals surface area contributed by atoms with Gasteiger partial charge in [-0.3, -0.25) is 0 Å². The van der Waals surface area contributed by atoms with Gasteiger partial charge in [0.15, 0.2) is 0 Å². The quantitative estimate of drug-likeness (QED) is 0.0292. The molecule has 0 fully saturated rings. The summed E-state index contributed by atoms with van der Waals surface area (Å²) in [6.07, 6.45) is 44.5. The van der Waals surface area contributed by atoms with Gasteiger partial charge in [-0.15, -0.1) is 15.8 Å². The van der Waals surface area contributed by atoms with E-state index in [-0.39, 0.29) is 0 Å². The van der Waals surface area contributed by atoms with E-state index in [0.29, 0.717) is 15.8 Å². The van der Waals surface area contributed by atoms with E-state index in [1.54, 1.807) is 45.0 Å². The average molecular weight is 885 g/mol. The topological polar surface area (TPSA) is 0 Å². The van der Waals surface area contributed by atoms with Crippen LogP contribution in [0.1, 0.15) is 196 Å². The molecule has 0 N–H and O–H groups in total. The van der Waals surface area contributed by atoms with Crippen LogP contribution < -0.4 is 0 Å². The van der Waals surface area contributed by atoms with Crippen molar-refractivity contribution in [2.24, 2.45) is 0 Å². The van der Waals surface area contributed by atoms with Crippen molar-refractivity contribution in [3.63, 3.8) is 0 Å². The predicted octanol–water partition coefficient (Wildman–Crippen LogP) is 16.2. The van der Waals surface area contributed by atoms with Crippen LogP contribution in [0.3, 0.4) is 0 Å². The Morgan fingerprint density at radius 3 is 0.561 bits per heavy atom. The first kappa shape index (κ1) is 48.2. The van der Waals surface area contributed by atoms with E-state index >= 15 is 0 Å². The number of unbranched alkanes of at least 4 members (excludes halogenated alkanes) is 18.